The molecular weight excluding hydrogens is 313 g/mol. The Bertz CT molecular complexity index is 475. The van der Waals surface area contributed by atoms with E-state index in [0.29, 0.717) is 0 Å². The highest BCUT2D eigenvalue weighted by Gasteiger charge is 2.15. The number of hydrogen-bond acceptors (Lipinski definition) is 1. The average Bonchev–Trinajstić information content (AvgIpc) is 2.57. The van der Waals surface area contributed by atoms with Crippen LogP contribution in [0.5, 0.6) is 0 Å². The molecule has 130 valence electrons. The van der Waals surface area contributed by atoms with Crippen LogP contribution < -0.4 is 17.3 Å². The molecule has 0 atom stereocenters. The lowest BCUT2D eigenvalue weighted by molar-refractivity contribution is -0.896. The molecule has 0 unspecified atom stereocenters. The Balaban J connectivity index is 0.00000264. The summed E-state index contributed by atoms with van der Waals surface area (Å²) in [5, 5.41) is 0. The second-order valence-electron chi connectivity index (χ2n) is 6.06. The Kier molecular flexibility index (Phi) is 9.27. The lowest BCUT2D eigenvalue weighted by Gasteiger charge is -2.21. The van der Waals surface area contributed by atoms with Crippen molar-refractivity contribution < 1.29 is 26.4 Å². The first-order valence-electron chi connectivity index (χ1n) is 8.69. The van der Waals surface area contributed by atoms with Crippen LogP contribution in [0.15, 0.2) is 29.8 Å². The first-order valence-corrected chi connectivity index (χ1v) is 8.69. The predicted octanol–water partition coefficient (Wildman–Crippen LogP) is 0.446. The summed E-state index contributed by atoms with van der Waals surface area (Å²) < 4.78 is 19.4. The average molecular weight is 342 g/mol. The summed E-state index contributed by atoms with van der Waals surface area (Å²) in [6.07, 6.45) is 6.02. The molecule has 0 heterocycles. The number of benzene rings is 1. The quantitative estimate of drug-likeness (QED) is 0.711. The van der Waals surface area contributed by atoms with Crippen LogP contribution in [0.2, 0.25) is 0 Å². The monoisotopic (exact) mass is 341 g/mol. The molecule has 23 heavy (non-hydrogen) atoms. The summed E-state index contributed by atoms with van der Waals surface area (Å²) in [6.45, 7) is 8.42. The number of hydrogen-bond donors (Lipinski definition) is 1. The fourth-order valence-electron chi connectivity index (χ4n) is 3.10. The van der Waals surface area contributed by atoms with E-state index in [1.165, 1.54) is 37.0 Å². The van der Waals surface area contributed by atoms with Crippen LogP contribution in [0.25, 0.3) is 5.76 Å². The molecule has 4 heteroatoms. The molecule has 1 aliphatic rings. The van der Waals surface area contributed by atoms with Gasteiger partial charge in [-0.05, 0) is 69.4 Å². The van der Waals surface area contributed by atoms with E-state index in [1.54, 1.807) is 4.90 Å². The topological polar surface area (TPSA) is 13.7 Å². The molecule has 0 radical (unpaired) electrons. The summed E-state index contributed by atoms with van der Waals surface area (Å²) in [4.78, 5) is 1.55. The van der Waals surface area contributed by atoms with Gasteiger partial charge in [-0.15, -0.1) is 0 Å². The van der Waals surface area contributed by atoms with Crippen molar-refractivity contribution in [1.29, 1.82) is 0 Å². The van der Waals surface area contributed by atoms with Gasteiger partial charge >= 0.3 is 0 Å². The molecule has 1 aromatic carbocycles. The molecule has 1 saturated carbocycles. The summed E-state index contributed by atoms with van der Waals surface area (Å²) >= 11 is 0. The number of rotatable bonds is 7. The van der Waals surface area contributed by atoms with Gasteiger partial charge in [-0.25, -0.2) is 4.39 Å². The second-order valence-corrected chi connectivity index (χ2v) is 6.06. The standard InChI is InChI=1S/C19H28FNO.ClH/c1-3-21(4-2)14-15-22-19(16-8-6-5-7-9-16)17-10-12-18(20)13-11-17;/h10-13H,3-9,14-15H2,1-2H3;1H. The predicted molar refractivity (Wildman–Crippen MR) is 89.3 cm³/mol. The summed E-state index contributed by atoms with van der Waals surface area (Å²) in [7, 11) is 0. The van der Waals surface area contributed by atoms with Crippen LogP contribution in [0, 0.1) is 5.82 Å². The number of ether oxygens (including phenoxy) is 1. The molecule has 1 aliphatic carbocycles. The molecule has 1 N–H and O–H groups in total. The van der Waals surface area contributed by atoms with Crippen molar-refractivity contribution in [2.75, 3.05) is 26.2 Å². The maximum Gasteiger partial charge on any atom is 0.137 e. The third-order valence-electron chi connectivity index (χ3n) is 4.59. The Morgan fingerprint density at radius 2 is 1.65 bits per heavy atom. The zero-order valence-corrected chi connectivity index (χ0v) is 15.1. The van der Waals surface area contributed by atoms with Crippen LogP contribution in [0.3, 0.4) is 0 Å². The van der Waals surface area contributed by atoms with E-state index >= 15 is 0 Å². The molecule has 0 aromatic heterocycles. The van der Waals surface area contributed by atoms with Crippen molar-refractivity contribution in [2.45, 2.75) is 46.0 Å². The Morgan fingerprint density at radius 3 is 2.22 bits per heavy atom. The summed E-state index contributed by atoms with van der Waals surface area (Å²) in [5.41, 5.74) is 2.43. The Morgan fingerprint density at radius 1 is 1.04 bits per heavy atom. The number of likely N-dealkylation sites (N-methyl/N-ethyl adjacent to an activating group) is 1. The molecule has 0 spiro atoms. The minimum Gasteiger partial charge on any atom is -1.00 e. The number of allylic oxidation sites excluding steroid dienone is 1. The lowest BCUT2D eigenvalue weighted by atomic mass is 9.92. The number of halogens is 2. The molecule has 0 saturated heterocycles. The van der Waals surface area contributed by atoms with E-state index < -0.39 is 0 Å². The van der Waals surface area contributed by atoms with Gasteiger partial charge in [-0.3, -0.25) is 0 Å². The summed E-state index contributed by atoms with van der Waals surface area (Å²) in [6, 6.07) is 6.74. The van der Waals surface area contributed by atoms with Gasteiger partial charge < -0.3 is 22.0 Å². The lowest BCUT2D eigenvalue weighted by Crippen LogP contribution is -3.11. The van der Waals surface area contributed by atoms with Gasteiger partial charge in [-0.1, -0.05) is 6.42 Å². The van der Waals surface area contributed by atoms with Crippen molar-refractivity contribution in [2.24, 2.45) is 0 Å². The minimum atomic E-state index is -0.190. The molecule has 1 aromatic rings. The van der Waals surface area contributed by atoms with Crippen LogP contribution in [-0.2, 0) is 4.74 Å². The van der Waals surface area contributed by atoms with E-state index in [1.807, 2.05) is 12.1 Å². The fraction of sp³-hybridized carbons (Fsp3) is 0.579. The zero-order valence-electron chi connectivity index (χ0n) is 14.3. The number of quaternary nitrogens is 1. The zero-order chi connectivity index (χ0) is 15.8. The normalized spacial score (nSPS) is 14.5. The molecule has 2 rings (SSSR count). The summed E-state index contributed by atoms with van der Waals surface area (Å²) in [5.74, 6) is 0.815. The van der Waals surface area contributed by atoms with Crippen molar-refractivity contribution >= 4 is 5.76 Å². The fourth-order valence-corrected chi connectivity index (χ4v) is 3.10. The first-order chi connectivity index (χ1) is 10.7. The van der Waals surface area contributed by atoms with Crippen LogP contribution in [-0.4, -0.2) is 26.2 Å². The van der Waals surface area contributed by atoms with E-state index in [0.717, 1.165) is 50.4 Å². The van der Waals surface area contributed by atoms with E-state index in [9.17, 15) is 4.39 Å². The van der Waals surface area contributed by atoms with E-state index in [4.69, 9.17) is 4.74 Å². The van der Waals surface area contributed by atoms with E-state index in [-0.39, 0.29) is 18.2 Å². The van der Waals surface area contributed by atoms with Crippen LogP contribution >= 0.6 is 0 Å². The highest BCUT2D eigenvalue weighted by Crippen LogP contribution is 2.31. The van der Waals surface area contributed by atoms with Gasteiger partial charge in [0.2, 0.25) is 0 Å². The van der Waals surface area contributed by atoms with Gasteiger partial charge in [0, 0.05) is 5.56 Å². The van der Waals surface area contributed by atoms with E-state index in [2.05, 4.69) is 13.8 Å². The Labute approximate surface area is 146 Å². The van der Waals surface area contributed by atoms with Gasteiger partial charge in [0.05, 0.1) is 13.1 Å². The highest BCUT2D eigenvalue weighted by atomic mass is 35.5. The van der Waals surface area contributed by atoms with Gasteiger partial charge in [-0.2, -0.15) is 0 Å². The van der Waals surface area contributed by atoms with Crippen molar-refractivity contribution in [1.82, 2.24) is 0 Å². The molecule has 0 amide bonds. The maximum atomic E-state index is 13.2. The number of nitrogens with one attached hydrogen (secondary N) is 1. The smallest absolute Gasteiger partial charge is 0.137 e. The van der Waals surface area contributed by atoms with Crippen LogP contribution in [0.4, 0.5) is 4.39 Å². The first kappa shape index (κ1) is 20.0. The van der Waals surface area contributed by atoms with Crippen molar-refractivity contribution in [3.05, 3.63) is 41.2 Å². The highest BCUT2D eigenvalue weighted by molar-refractivity contribution is 5.63. The molecule has 2 nitrogen and oxygen atoms in total. The minimum absolute atomic E-state index is 0. The Hall–Kier alpha value is -1.06. The third kappa shape index (κ3) is 6.15. The third-order valence-corrected chi connectivity index (χ3v) is 4.59. The largest absolute Gasteiger partial charge is 1.00 e. The SMILES string of the molecule is CC[NH+](CC)CCOC(=C1CCCCC1)c1ccc(F)cc1.[Cl-]. The maximum absolute atomic E-state index is 13.2. The van der Waals surface area contributed by atoms with Gasteiger partial charge in [0.15, 0.2) is 0 Å². The second kappa shape index (κ2) is 10.7. The molecule has 0 bridgehead atoms. The van der Waals surface area contributed by atoms with Gasteiger partial charge in [0.25, 0.3) is 0 Å². The molecule has 1 fully saturated rings. The molecule has 0 aliphatic heterocycles. The van der Waals surface area contributed by atoms with Crippen molar-refractivity contribution in [3.8, 4) is 0 Å². The van der Waals surface area contributed by atoms with Gasteiger partial charge in [0.1, 0.15) is 24.7 Å². The van der Waals surface area contributed by atoms with Crippen molar-refractivity contribution in [3.63, 3.8) is 0 Å². The molecular formula is C19H29ClFNO. The van der Waals surface area contributed by atoms with Crippen LogP contribution in [0.1, 0.15) is 51.5 Å².